The van der Waals surface area contributed by atoms with Crippen LogP contribution in [0.3, 0.4) is 0 Å². The third-order valence-corrected chi connectivity index (χ3v) is 11.5. The third kappa shape index (κ3) is 7.70. The van der Waals surface area contributed by atoms with Gasteiger partial charge in [-0.1, -0.05) is 90.1 Å². The van der Waals surface area contributed by atoms with Crippen molar-refractivity contribution in [3.8, 4) is 0 Å². The molecule has 0 fully saturated rings. The van der Waals surface area contributed by atoms with Crippen molar-refractivity contribution < 1.29 is 34.1 Å². The molecule has 0 amide bonds. The fourth-order valence-electron chi connectivity index (χ4n) is 8.45. The second-order valence-electron chi connectivity index (χ2n) is 14.7. The molecule has 0 aromatic carbocycles. The van der Waals surface area contributed by atoms with Crippen LogP contribution in [0.25, 0.3) is 92.7 Å². The van der Waals surface area contributed by atoms with E-state index in [0.29, 0.717) is 0 Å². The first-order chi connectivity index (χ1) is 28.4. The van der Waals surface area contributed by atoms with Gasteiger partial charge in [0.25, 0.3) is 0 Å². The molecule has 10 heteroatoms. The van der Waals surface area contributed by atoms with Crippen molar-refractivity contribution in [3.63, 3.8) is 0 Å². The van der Waals surface area contributed by atoms with Gasteiger partial charge in [-0.15, -0.1) is 22.1 Å². The van der Waals surface area contributed by atoms with Gasteiger partial charge in [-0.05, 0) is 109 Å². The Balaban J connectivity index is 0.00000272. The summed E-state index contributed by atoms with van der Waals surface area (Å²) in [5, 5.41) is 0. The molecule has 4 aliphatic rings. The molecular formula is C50H46Cu2N8. The molecule has 0 unspecified atom stereocenters. The maximum absolute atomic E-state index is 5.17. The summed E-state index contributed by atoms with van der Waals surface area (Å²) in [5.74, 6) is 0. The maximum atomic E-state index is 5.17. The number of aromatic nitrogens is 8. The average Bonchev–Trinajstić information content (AvgIpc) is 4.07. The van der Waals surface area contributed by atoms with Crippen LogP contribution in [-0.2, 0) is 72.7 Å². The number of hydrogen-bond acceptors (Lipinski definition) is 4. The molecule has 0 saturated heterocycles. The first kappa shape index (κ1) is 42.6. The van der Waals surface area contributed by atoms with E-state index in [-0.39, 0.29) is 34.1 Å². The Morgan fingerprint density at radius 3 is 0.617 bits per heavy atom. The summed E-state index contributed by atoms with van der Waals surface area (Å²) in [6.07, 6.45) is 21.7. The van der Waals surface area contributed by atoms with Gasteiger partial charge in [0, 0.05) is 11.1 Å². The van der Waals surface area contributed by atoms with Crippen LogP contribution < -0.4 is 19.9 Å². The van der Waals surface area contributed by atoms with Gasteiger partial charge in [0.2, 0.25) is 0 Å². The second kappa shape index (κ2) is 18.0. The van der Waals surface area contributed by atoms with E-state index in [9.17, 15) is 0 Å². The zero-order valence-corrected chi connectivity index (χ0v) is 36.5. The number of aryl methyl sites for hydroxylation is 4. The first-order valence-corrected chi connectivity index (χ1v) is 20.7. The second-order valence-corrected chi connectivity index (χ2v) is 14.7. The minimum atomic E-state index is 0. The van der Waals surface area contributed by atoms with Gasteiger partial charge in [0.1, 0.15) is 0 Å². The Kier molecular flexibility index (Phi) is 12.8. The molecule has 9 rings (SSSR count). The van der Waals surface area contributed by atoms with Gasteiger partial charge in [0.05, 0.1) is 45.6 Å². The number of nitrogens with zero attached hydrogens (tertiary/aromatic N) is 8. The van der Waals surface area contributed by atoms with E-state index in [0.717, 1.165) is 162 Å². The molecule has 308 valence electrons. The normalized spacial score (nSPS) is 12.4. The Morgan fingerprint density at radius 2 is 0.433 bits per heavy atom. The van der Waals surface area contributed by atoms with Crippen LogP contribution in [0, 0.1) is 0 Å². The smallest absolute Gasteiger partial charge is 0.659 e. The zero-order valence-electron chi connectivity index (χ0n) is 34.7. The van der Waals surface area contributed by atoms with E-state index in [1.165, 1.54) is 0 Å². The first-order valence-electron chi connectivity index (χ1n) is 20.7. The minimum Gasteiger partial charge on any atom is -0.659 e. The van der Waals surface area contributed by atoms with Crippen molar-refractivity contribution >= 4 is 92.7 Å². The fraction of sp³-hybridized carbons (Fsp3) is 0.240. The van der Waals surface area contributed by atoms with Crippen molar-refractivity contribution in [2.24, 2.45) is 0 Å². The molecule has 60 heavy (non-hydrogen) atoms. The summed E-state index contributed by atoms with van der Waals surface area (Å²) in [5.41, 5.74) is 21.3. The van der Waals surface area contributed by atoms with Crippen LogP contribution in [-0.4, -0.2) is 19.9 Å². The van der Waals surface area contributed by atoms with Crippen molar-refractivity contribution in [2.45, 2.75) is 80.1 Å². The van der Waals surface area contributed by atoms with Gasteiger partial charge in [0.15, 0.2) is 0 Å². The van der Waals surface area contributed by atoms with Gasteiger partial charge >= 0.3 is 34.1 Å². The topological polar surface area (TPSA) is 108 Å². The molecule has 8 nitrogen and oxygen atoms in total. The predicted octanol–water partition coefficient (Wildman–Crippen LogP) is 10.6. The van der Waals surface area contributed by atoms with Crippen molar-refractivity contribution in [3.05, 3.63) is 127 Å². The van der Waals surface area contributed by atoms with E-state index in [1.54, 1.807) is 0 Å². The monoisotopic (exact) mass is 884 g/mol. The maximum Gasteiger partial charge on any atom is 2.00 e. The third-order valence-electron chi connectivity index (χ3n) is 11.5. The molecule has 0 atom stereocenters. The van der Waals surface area contributed by atoms with Gasteiger partial charge in [-0.25, -0.2) is 19.9 Å². The van der Waals surface area contributed by atoms with E-state index in [2.05, 4.69) is 139 Å². The van der Waals surface area contributed by atoms with Crippen LogP contribution in [0.2, 0.25) is 0 Å². The zero-order chi connectivity index (χ0) is 39.9. The quantitative estimate of drug-likeness (QED) is 0.152. The predicted molar refractivity (Wildman–Crippen MR) is 241 cm³/mol. The molecule has 5 aromatic rings. The molecule has 0 saturated carbocycles. The average molecular weight is 886 g/mol. The van der Waals surface area contributed by atoms with Crippen molar-refractivity contribution in [1.82, 2.24) is 39.9 Å². The fourth-order valence-corrected chi connectivity index (χ4v) is 8.45. The van der Waals surface area contributed by atoms with Crippen LogP contribution in [0.4, 0.5) is 0 Å². The molecule has 0 spiro atoms. The summed E-state index contributed by atoms with van der Waals surface area (Å²) in [6.45, 7) is 13.0. The van der Waals surface area contributed by atoms with Crippen LogP contribution >= 0.6 is 0 Å². The Labute approximate surface area is 372 Å². The standard InChI is InChI=1S/C50H46N8.2Cu/c1-7-29-35-13-17-39(51-35)31(9-3)43-21-25-47(55-43)49-27-23-45(57-49)33(11-5)41-19-15-37(53-41)30(8-2)38-16-20-42(54-38)34(12-6)46-24-28-50(58-46)48-26-22-44(56-48)32(10-4)40-18-14-36(29)52-40;;/h13-28H,7-12H2,1-6H3;;/q-4;2*+2. The van der Waals surface area contributed by atoms with E-state index < -0.39 is 0 Å². The molecule has 9 heterocycles. The summed E-state index contributed by atoms with van der Waals surface area (Å²) >= 11 is 0. The minimum absolute atomic E-state index is 0. The van der Waals surface area contributed by atoms with Crippen LogP contribution in [0.5, 0.6) is 0 Å². The van der Waals surface area contributed by atoms with Crippen molar-refractivity contribution in [1.29, 1.82) is 0 Å². The van der Waals surface area contributed by atoms with Gasteiger partial charge in [-0.3, -0.25) is 0 Å². The molecule has 16 bridgehead atoms. The largest absolute Gasteiger partial charge is 2.00 e. The summed E-state index contributed by atoms with van der Waals surface area (Å²) in [7, 11) is 0. The Bertz CT molecular complexity index is 2640. The number of fused-ring (bicyclic) bond motifs is 18. The summed E-state index contributed by atoms with van der Waals surface area (Å²) in [6, 6.07) is 16.6. The van der Waals surface area contributed by atoms with Crippen LogP contribution in [0.15, 0.2) is 48.5 Å². The van der Waals surface area contributed by atoms with Crippen LogP contribution in [0.1, 0.15) is 120 Å². The molecular weight excluding hydrogens is 840 g/mol. The molecule has 4 aliphatic heterocycles. The number of hydrogen-bond donors (Lipinski definition) is 0. The molecule has 0 aliphatic carbocycles. The van der Waals surface area contributed by atoms with Gasteiger partial charge < -0.3 is 19.9 Å². The summed E-state index contributed by atoms with van der Waals surface area (Å²) < 4.78 is 0. The molecule has 0 N–H and O–H groups in total. The molecule has 5 aromatic heterocycles. The van der Waals surface area contributed by atoms with E-state index in [4.69, 9.17) is 39.9 Å². The van der Waals surface area contributed by atoms with Crippen molar-refractivity contribution in [2.75, 3.05) is 0 Å². The Morgan fingerprint density at radius 1 is 0.267 bits per heavy atom. The summed E-state index contributed by atoms with van der Waals surface area (Å²) in [4.78, 5) is 41.1. The van der Waals surface area contributed by atoms with Gasteiger partial charge in [-0.2, -0.15) is 22.1 Å². The van der Waals surface area contributed by atoms with E-state index >= 15 is 0 Å². The number of rotatable bonds is 6. The van der Waals surface area contributed by atoms with E-state index in [1.807, 2.05) is 0 Å². The SMILES string of the molecule is CCc1c2nc(c(CC)c3ccc([n-]3)c3ccc([n-]3)c(CC)c3nc(c(CC)c4nc(c(CC)c5ccc([n-]5)c5ccc([n-]5)c(CC)c5nc1C=C5)C=C4)C=C3)C=C2.[Cu+2].[Cu+2]. The Hall–Kier alpha value is -5.50. The molecule has 2 radical (unpaired) electrons.